The van der Waals surface area contributed by atoms with E-state index in [9.17, 15) is 0 Å². The molecule has 1 N–H and O–H groups in total. The second-order valence-electron chi connectivity index (χ2n) is 2.98. The third kappa shape index (κ3) is 1.83. The van der Waals surface area contributed by atoms with Crippen LogP contribution in [0.2, 0.25) is 0 Å². The third-order valence-corrected chi connectivity index (χ3v) is 2.21. The fraction of sp³-hybridized carbons (Fsp3) is 0.500. The van der Waals surface area contributed by atoms with E-state index in [2.05, 4.69) is 30.2 Å². The van der Waals surface area contributed by atoms with Gasteiger partial charge >= 0.3 is 0 Å². The van der Waals surface area contributed by atoms with Gasteiger partial charge in [-0.3, -0.25) is 4.98 Å². The fourth-order valence-corrected chi connectivity index (χ4v) is 1.42. The summed E-state index contributed by atoms with van der Waals surface area (Å²) in [4.78, 5) is 4.12. The summed E-state index contributed by atoms with van der Waals surface area (Å²) >= 11 is 0. The van der Waals surface area contributed by atoms with Crippen LogP contribution in [0.25, 0.3) is 0 Å². The molecule has 0 bridgehead atoms. The highest BCUT2D eigenvalue weighted by Crippen LogP contribution is 2.18. The summed E-state index contributed by atoms with van der Waals surface area (Å²) in [5, 5.41) is 3.27. The Morgan fingerprint density at radius 3 is 2.83 bits per heavy atom. The zero-order valence-electron chi connectivity index (χ0n) is 7.96. The molecule has 1 aromatic heterocycles. The lowest BCUT2D eigenvalue weighted by Gasteiger charge is -2.15. The Kier molecular flexibility index (Phi) is 3.23. The van der Waals surface area contributed by atoms with E-state index in [-0.39, 0.29) is 0 Å². The van der Waals surface area contributed by atoms with E-state index >= 15 is 0 Å². The van der Waals surface area contributed by atoms with Gasteiger partial charge in [0.05, 0.1) is 0 Å². The molecule has 0 radical (unpaired) electrons. The smallest absolute Gasteiger partial charge is 0.0332 e. The zero-order valence-corrected chi connectivity index (χ0v) is 7.96. The van der Waals surface area contributed by atoms with Crippen LogP contribution in [0.15, 0.2) is 18.5 Å². The van der Waals surface area contributed by atoms with Crippen molar-refractivity contribution >= 4 is 0 Å². The molecule has 0 aliphatic heterocycles. The minimum Gasteiger partial charge on any atom is -0.313 e. The van der Waals surface area contributed by atoms with E-state index in [4.69, 9.17) is 0 Å². The van der Waals surface area contributed by atoms with E-state index in [1.807, 2.05) is 19.4 Å². The first-order valence-electron chi connectivity index (χ1n) is 4.37. The lowest BCUT2D eigenvalue weighted by molar-refractivity contribution is 0.572. The van der Waals surface area contributed by atoms with Crippen molar-refractivity contribution in [2.75, 3.05) is 7.05 Å². The maximum absolute atomic E-state index is 4.12. The van der Waals surface area contributed by atoms with Crippen LogP contribution in [0.4, 0.5) is 0 Å². The lowest BCUT2D eigenvalue weighted by atomic mass is 10.0. The average molecular weight is 164 g/mol. The zero-order chi connectivity index (χ0) is 8.97. The first-order chi connectivity index (χ1) is 5.79. The van der Waals surface area contributed by atoms with Gasteiger partial charge in [-0.2, -0.15) is 0 Å². The maximum atomic E-state index is 4.12. The molecule has 2 nitrogen and oxygen atoms in total. The Labute approximate surface area is 74.0 Å². The molecule has 0 spiro atoms. The van der Waals surface area contributed by atoms with Crippen molar-refractivity contribution < 1.29 is 0 Å². The molecule has 2 heteroatoms. The summed E-state index contributed by atoms with van der Waals surface area (Å²) in [6.45, 7) is 4.30. The van der Waals surface area contributed by atoms with Crippen molar-refractivity contribution in [3.8, 4) is 0 Å². The van der Waals surface area contributed by atoms with Crippen LogP contribution in [0.5, 0.6) is 0 Å². The number of nitrogens with one attached hydrogen (secondary N) is 1. The highest BCUT2D eigenvalue weighted by molar-refractivity contribution is 5.24. The van der Waals surface area contributed by atoms with Gasteiger partial charge in [-0.1, -0.05) is 6.92 Å². The van der Waals surface area contributed by atoms with Gasteiger partial charge in [-0.05, 0) is 37.6 Å². The molecule has 66 valence electrons. The molecule has 1 heterocycles. The van der Waals surface area contributed by atoms with Gasteiger partial charge in [-0.25, -0.2) is 0 Å². The van der Waals surface area contributed by atoms with E-state index in [1.54, 1.807) is 0 Å². The van der Waals surface area contributed by atoms with Gasteiger partial charge in [0.15, 0.2) is 0 Å². The first-order valence-corrected chi connectivity index (χ1v) is 4.37. The van der Waals surface area contributed by atoms with E-state index in [0.717, 1.165) is 6.42 Å². The van der Waals surface area contributed by atoms with Crippen LogP contribution in [0.3, 0.4) is 0 Å². The first kappa shape index (κ1) is 9.20. The summed E-state index contributed by atoms with van der Waals surface area (Å²) in [6.07, 6.45) is 4.88. The Morgan fingerprint density at radius 1 is 1.58 bits per heavy atom. The van der Waals surface area contributed by atoms with Crippen molar-refractivity contribution in [2.24, 2.45) is 0 Å². The van der Waals surface area contributed by atoms with Crippen LogP contribution in [0, 0.1) is 6.92 Å². The molecular formula is C10H16N2. The molecule has 0 fully saturated rings. The number of aromatic nitrogens is 1. The predicted molar refractivity (Wildman–Crippen MR) is 51.1 cm³/mol. The third-order valence-electron chi connectivity index (χ3n) is 2.21. The molecule has 1 unspecified atom stereocenters. The predicted octanol–water partition coefficient (Wildman–Crippen LogP) is 2.06. The van der Waals surface area contributed by atoms with Gasteiger partial charge in [0.1, 0.15) is 0 Å². The number of nitrogens with zero attached hydrogens (tertiary/aromatic N) is 1. The monoisotopic (exact) mass is 164 g/mol. The minimum atomic E-state index is 0.443. The summed E-state index contributed by atoms with van der Waals surface area (Å²) in [6, 6.07) is 2.49. The average Bonchev–Trinajstić information content (AvgIpc) is 2.10. The van der Waals surface area contributed by atoms with Gasteiger partial charge in [-0.15, -0.1) is 0 Å². The molecule has 1 rings (SSSR count). The number of aryl methyl sites for hydroxylation is 1. The fourth-order valence-electron chi connectivity index (χ4n) is 1.42. The van der Waals surface area contributed by atoms with E-state index in [0.29, 0.717) is 6.04 Å². The summed E-state index contributed by atoms with van der Waals surface area (Å²) < 4.78 is 0. The van der Waals surface area contributed by atoms with Crippen molar-refractivity contribution in [1.82, 2.24) is 10.3 Å². The van der Waals surface area contributed by atoms with Gasteiger partial charge in [0.25, 0.3) is 0 Å². The number of rotatable bonds is 3. The molecule has 0 amide bonds. The summed E-state index contributed by atoms with van der Waals surface area (Å²) in [5.74, 6) is 0. The molecule has 0 saturated carbocycles. The van der Waals surface area contributed by atoms with Gasteiger partial charge in [0.2, 0.25) is 0 Å². The van der Waals surface area contributed by atoms with Crippen LogP contribution < -0.4 is 5.32 Å². The van der Waals surface area contributed by atoms with Crippen molar-refractivity contribution in [2.45, 2.75) is 26.3 Å². The summed E-state index contributed by atoms with van der Waals surface area (Å²) in [7, 11) is 1.99. The SMILES string of the molecule is CCC(NC)c1cnccc1C. The normalized spacial score (nSPS) is 12.9. The van der Waals surface area contributed by atoms with Gasteiger partial charge in [0, 0.05) is 18.4 Å². The molecule has 0 saturated heterocycles. The standard InChI is InChI=1S/C10H16N2/c1-4-10(11-3)9-7-12-6-5-8(9)2/h5-7,10-11H,4H2,1-3H3. The Hall–Kier alpha value is -0.890. The van der Waals surface area contributed by atoms with Crippen molar-refractivity contribution in [1.29, 1.82) is 0 Å². The molecule has 1 aromatic rings. The molecule has 0 aliphatic carbocycles. The topological polar surface area (TPSA) is 24.9 Å². The Morgan fingerprint density at radius 2 is 2.33 bits per heavy atom. The Bertz CT molecular complexity index is 241. The quantitative estimate of drug-likeness (QED) is 0.739. The van der Waals surface area contributed by atoms with E-state index in [1.165, 1.54) is 11.1 Å². The molecule has 1 atom stereocenters. The highest BCUT2D eigenvalue weighted by atomic mass is 14.9. The van der Waals surface area contributed by atoms with Crippen LogP contribution in [-0.4, -0.2) is 12.0 Å². The molecular weight excluding hydrogens is 148 g/mol. The maximum Gasteiger partial charge on any atom is 0.0332 e. The number of pyridine rings is 1. The molecule has 0 aliphatic rings. The van der Waals surface area contributed by atoms with Crippen molar-refractivity contribution in [3.05, 3.63) is 29.6 Å². The second-order valence-corrected chi connectivity index (χ2v) is 2.98. The Balaban J connectivity index is 2.92. The second kappa shape index (κ2) is 4.21. The lowest BCUT2D eigenvalue weighted by Crippen LogP contribution is -2.16. The van der Waals surface area contributed by atoms with Crippen LogP contribution in [0.1, 0.15) is 30.5 Å². The molecule has 0 aromatic carbocycles. The van der Waals surface area contributed by atoms with Gasteiger partial charge < -0.3 is 5.32 Å². The minimum absolute atomic E-state index is 0.443. The largest absolute Gasteiger partial charge is 0.313 e. The molecule has 12 heavy (non-hydrogen) atoms. The van der Waals surface area contributed by atoms with Crippen molar-refractivity contribution in [3.63, 3.8) is 0 Å². The summed E-state index contributed by atoms with van der Waals surface area (Å²) in [5.41, 5.74) is 2.62. The van der Waals surface area contributed by atoms with E-state index < -0.39 is 0 Å². The number of hydrogen-bond acceptors (Lipinski definition) is 2. The number of hydrogen-bond donors (Lipinski definition) is 1. The van der Waals surface area contributed by atoms with Crippen LogP contribution in [-0.2, 0) is 0 Å². The highest BCUT2D eigenvalue weighted by Gasteiger charge is 2.08. The van der Waals surface area contributed by atoms with Crippen LogP contribution >= 0.6 is 0 Å².